The van der Waals surface area contributed by atoms with Crippen LogP contribution in [0.2, 0.25) is 0 Å². The summed E-state index contributed by atoms with van der Waals surface area (Å²) in [6.45, 7) is 11.4. The molecule has 1 fully saturated rings. The molecule has 0 spiro atoms. The Morgan fingerprint density at radius 3 is 2.60 bits per heavy atom. The number of aliphatic hydroxyl groups excluding tert-OH is 1. The monoisotopic (exact) mass is 283 g/mol. The molecule has 0 aromatic heterocycles. The van der Waals surface area contributed by atoms with Gasteiger partial charge in [0.1, 0.15) is 6.61 Å². The molecule has 3 atom stereocenters. The standard InChI is InChI=1S/C15H25NO4/c1-9(2)6-7-13(17)11(5)14(18)16-12(10(3)4)8-20-15(16)19/h10-13,17H,1,6-8H2,2-5H3/t11-,12+,13+/m1/s1. The molecule has 1 aliphatic rings. The molecule has 1 heterocycles. The van der Waals surface area contributed by atoms with Gasteiger partial charge in [-0.15, -0.1) is 6.58 Å². The molecule has 0 aliphatic carbocycles. The first-order valence-corrected chi connectivity index (χ1v) is 7.08. The van der Waals surface area contributed by atoms with Crippen LogP contribution in [0.25, 0.3) is 0 Å². The van der Waals surface area contributed by atoms with E-state index in [1.165, 1.54) is 4.90 Å². The average Bonchev–Trinajstić information content (AvgIpc) is 2.76. The second-order valence-electron chi connectivity index (χ2n) is 5.95. The van der Waals surface area contributed by atoms with E-state index in [0.29, 0.717) is 12.8 Å². The maximum absolute atomic E-state index is 12.4. The van der Waals surface area contributed by atoms with Crippen LogP contribution in [-0.2, 0) is 9.53 Å². The molecule has 0 radical (unpaired) electrons. The Morgan fingerprint density at radius 1 is 1.50 bits per heavy atom. The number of imide groups is 1. The van der Waals surface area contributed by atoms with Gasteiger partial charge in [-0.25, -0.2) is 9.69 Å². The summed E-state index contributed by atoms with van der Waals surface area (Å²) in [6, 6.07) is -0.245. The van der Waals surface area contributed by atoms with Crippen LogP contribution in [0.4, 0.5) is 4.79 Å². The summed E-state index contributed by atoms with van der Waals surface area (Å²) in [7, 11) is 0. The van der Waals surface area contributed by atoms with Crippen LogP contribution in [-0.4, -0.2) is 40.8 Å². The predicted octanol–water partition coefficient (Wildman–Crippen LogP) is 2.34. The lowest BCUT2D eigenvalue weighted by Gasteiger charge is -2.27. The third-order valence-electron chi connectivity index (χ3n) is 3.75. The first kappa shape index (κ1) is 16.7. The van der Waals surface area contributed by atoms with Crippen LogP contribution in [0.1, 0.15) is 40.5 Å². The number of aliphatic hydroxyl groups is 1. The maximum Gasteiger partial charge on any atom is 0.416 e. The molecule has 0 saturated carbocycles. The molecule has 0 bridgehead atoms. The molecule has 1 N–H and O–H groups in total. The van der Waals surface area contributed by atoms with Crippen molar-refractivity contribution in [2.24, 2.45) is 11.8 Å². The van der Waals surface area contributed by atoms with Crippen LogP contribution in [0.5, 0.6) is 0 Å². The highest BCUT2D eigenvalue weighted by molar-refractivity contribution is 5.94. The Hall–Kier alpha value is -1.36. The summed E-state index contributed by atoms with van der Waals surface area (Å²) in [4.78, 5) is 25.3. The predicted molar refractivity (Wildman–Crippen MR) is 76.0 cm³/mol. The topological polar surface area (TPSA) is 66.8 Å². The zero-order chi connectivity index (χ0) is 15.4. The fourth-order valence-corrected chi connectivity index (χ4v) is 2.21. The van der Waals surface area contributed by atoms with Gasteiger partial charge in [-0.2, -0.15) is 0 Å². The van der Waals surface area contributed by atoms with Crippen LogP contribution in [0.3, 0.4) is 0 Å². The van der Waals surface area contributed by atoms with Crippen molar-refractivity contribution in [1.82, 2.24) is 4.90 Å². The Kier molecular flexibility index (Phi) is 5.74. The zero-order valence-corrected chi connectivity index (χ0v) is 12.8. The molecule has 5 nitrogen and oxygen atoms in total. The van der Waals surface area contributed by atoms with E-state index < -0.39 is 18.1 Å². The highest BCUT2D eigenvalue weighted by Gasteiger charge is 2.42. The van der Waals surface area contributed by atoms with E-state index in [2.05, 4.69) is 6.58 Å². The fourth-order valence-electron chi connectivity index (χ4n) is 2.21. The summed E-state index contributed by atoms with van der Waals surface area (Å²) in [6.07, 6.45) is -0.248. The summed E-state index contributed by atoms with van der Waals surface area (Å²) in [5.74, 6) is -0.855. The second kappa shape index (κ2) is 6.88. The summed E-state index contributed by atoms with van der Waals surface area (Å²) >= 11 is 0. The smallest absolute Gasteiger partial charge is 0.416 e. The molecule has 0 aromatic carbocycles. The second-order valence-corrected chi connectivity index (χ2v) is 5.95. The Morgan fingerprint density at radius 2 is 2.10 bits per heavy atom. The van der Waals surface area contributed by atoms with E-state index >= 15 is 0 Å². The van der Waals surface area contributed by atoms with Gasteiger partial charge in [0.15, 0.2) is 0 Å². The number of cyclic esters (lactones) is 1. The minimum atomic E-state index is -0.777. The molecular formula is C15H25NO4. The third kappa shape index (κ3) is 3.82. The molecule has 1 rings (SSSR count). The van der Waals surface area contributed by atoms with E-state index in [0.717, 1.165) is 5.57 Å². The van der Waals surface area contributed by atoms with Crippen molar-refractivity contribution in [2.75, 3.05) is 6.61 Å². The minimum Gasteiger partial charge on any atom is -0.447 e. The third-order valence-corrected chi connectivity index (χ3v) is 3.75. The SMILES string of the molecule is C=C(C)CC[C@H](O)[C@@H](C)C(=O)N1C(=O)OC[C@H]1C(C)C. The molecule has 0 aromatic rings. The van der Waals surface area contributed by atoms with Crippen molar-refractivity contribution in [1.29, 1.82) is 0 Å². The highest BCUT2D eigenvalue weighted by Crippen LogP contribution is 2.24. The van der Waals surface area contributed by atoms with Gasteiger partial charge >= 0.3 is 6.09 Å². The van der Waals surface area contributed by atoms with Gasteiger partial charge < -0.3 is 9.84 Å². The van der Waals surface area contributed by atoms with Gasteiger partial charge in [-0.1, -0.05) is 26.3 Å². The Labute approximate surface area is 120 Å². The number of ether oxygens (including phenoxy) is 1. The normalized spacial score (nSPS) is 21.8. The van der Waals surface area contributed by atoms with E-state index in [-0.39, 0.29) is 24.5 Å². The van der Waals surface area contributed by atoms with Crippen molar-refractivity contribution < 1.29 is 19.4 Å². The first-order valence-electron chi connectivity index (χ1n) is 7.08. The van der Waals surface area contributed by atoms with Crippen LogP contribution in [0, 0.1) is 11.8 Å². The van der Waals surface area contributed by atoms with E-state index in [1.54, 1.807) is 6.92 Å². The molecule has 114 valence electrons. The number of allylic oxidation sites excluding steroid dienone is 1. The van der Waals surface area contributed by atoms with Crippen molar-refractivity contribution >= 4 is 12.0 Å². The maximum atomic E-state index is 12.4. The van der Waals surface area contributed by atoms with Crippen molar-refractivity contribution in [3.63, 3.8) is 0 Å². The van der Waals surface area contributed by atoms with Gasteiger partial charge in [0, 0.05) is 0 Å². The fraction of sp³-hybridized carbons (Fsp3) is 0.733. The Bertz CT molecular complexity index is 391. The molecule has 5 heteroatoms. The molecule has 20 heavy (non-hydrogen) atoms. The number of hydrogen-bond acceptors (Lipinski definition) is 4. The number of amides is 2. The van der Waals surface area contributed by atoms with Crippen molar-refractivity contribution in [2.45, 2.75) is 52.7 Å². The Balaban J connectivity index is 2.71. The molecule has 0 unspecified atom stereocenters. The molecule has 1 aliphatic heterocycles. The van der Waals surface area contributed by atoms with E-state index in [1.807, 2.05) is 20.8 Å². The molecular weight excluding hydrogens is 258 g/mol. The molecule has 2 amide bonds. The van der Waals surface area contributed by atoms with Gasteiger partial charge in [0.2, 0.25) is 5.91 Å². The summed E-state index contributed by atoms with van der Waals surface area (Å²) in [5, 5.41) is 10.1. The lowest BCUT2D eigenvalue weighted by Crippen LogP contribution is -2.46. The number of rotatable bonds is 6. The molecule has 1 saturated heterocycles. The summed E-state index contributed by atoms with van der Waals surface area (Å²) in [5.41, 5.74) is 0.962. The minimum absolute atomic E-state index is 0.130. The largest absolute Gasteiger partial charge is 0.447 e. The van der Waals surface area contributed by atoms with Crippen LogP contribution < -0.4 is 0 Å². The quantitative estimate of drug-likeness (QED) is 0.760. The van der Waals surface area contributed by atoms with Crippen molar-refractivity contribution in [3.05, 3.63) is 12.2 Å². The van der Waals surface area contributed by atoms with Crippen LogP contribution in [0.15, 0.2) is 12.2 Å². The average molecular weight is 283 g/mol. The number of carbonyl (C=O) groups is 2. The van der Waals surface area contributed by atoms with Gasteiger partial charge in [0.05, 0.1) is 18.1 Å². The number of carbonyl (C=O) groups excluding carboxylic acids is 2. The zero-order valence-electron chi connectivity index (χ0n) is 12.8. The number of hydrogen-bond donors (Lipinski definition) is 1. The van der Waals surface area contributed by atoms with Gasteiger partial charge in [0.25, 0.3) is 0 Å². The summed E-state index contributed by atoms with van der Waals surface area (Å²) < 4.78 is 4.96. The highest BCUT2D eigenvalue weighted by atomic mass is 16.6. The van der Waals surface area contributed by atoms with Crippen LogP contribution >= 0.6 is 0 Å². The van der Waals surface area contributed by atoms with E-state index in [9.17, 15) is 14.7 Å². The van der Waals surface area contributed by atoms with Gasteiger partial charge in [-0.3, -0.25) is 4.79 Å². The number of nitrogens with zero attached hydrogens (tertiary/aromatic N) is 1. The van der Waals surface area contributed by atoms with Crippen molar-refractivity contribution in [3.8, 4) is 0 Å². The lowest BCUT2D eigenvalue weighted by molar-refractivity contribution is -0.137. The first-order chi connectivity index (χ1) is 9.25. The van der Waals surface area contributed by atoms with E-state index in [4.69, 9.17) is 4.74 Å². The lowest BCUT2D eigenvalue weighted by atomic mass is 9.95. The van der Waals surface area contributed by atoms with Gasteiger partial charge in [-0.05, 0) is 25.7 Å².